The number of nitrogens with zero attached hydrogens (tertiary/aromatic N) is 1. The molecule has 2 aromatic carbocycles. The van der Waals surface area contributed by atoms with Crippen LogP contribution in [0.5, 0.6) is 23.0 Å². The fourth-order valence-corrected chi connectivity index (χ4v) is 2.15. The number of methoxy groups -OCH3 is 3. The van der Waals surface area contributed by atoms with E-state index in [1.807, 2.05) is 0 Å². The van der Waals surface area contributed by atoms with Gasteiger partial charge in [-0.1, -0.05) is 12.1 Å². The van der Waals surface area contributed by atoms with E-state index in [0.717, 1.165) is 5.56 Å². The molecule has 0 aliphatic carbocycles. The number of ether oxygens (including phenoxy) is 3. The van der Waals surface area contributed by atoms with Gasteiger partial charge in [0.15, 0.2) is 11.5 Å². The summed E-state index contributed by atoms with van der Waals surface area (Å²) in [5.41, 5.74) is 1.89. The molecule has 23 heavy (non-hydrogen) atoms. The van der Waals surface area contributed by atoms with Gasteiger partial charge in [0.05, 0.1) is 33.0 Å². The van der Waals surface area contributed by atoms with Crippen LogP contribution in [-0.2, 0) is 0 Å². The molecule has 0 saturated carbocycles. The van der Waals surface area contributed by atoms with Crippen LogP contribution in [0.15, 0.2) is 36.4 Å². The predicted molar refractivity (Wildman–Crippen MR) is 87.7 cm³/mol. The van der Waals surface area contributed by atoms with Crippen LogP contribution in [0.3, 0.4) is 0 Å². The van der Waals surface area contributed by atoms with Crippen molar-refractivity contribution in [2.75, 3.05) is 21.3 Å². The lowest BCUT2D eigenvalue weighted by Crippen LogP contribution is -1.96. The molecule has 0 aliphatic rings. The number of nitriles is 1. The highest BCUT2D eigenvalue weighted by Gasteiger charge is 2.15. The molecule has 0 aromatic heterocycles. The van der Waals surface area contributed by atoms with Crippen molar-refractivity contribution in [3.63, 3.8) is 0 Å². The highest BCUT2D eigenvalue weighted by molar-refractivity contribution is 5.90. The average Bonchev–Trinajstić information content (AvgIpc) is 2.59. The number of allylic oxidation sites excluding steroid dienone is 1. The van der Waals surface area contributed by atoms with Crippen LogP contribution in [0.2, 0.25) is 0 Å². The molecule has 0 atom stereocenters. The number of hydrogen-bond acceptors (Lipinski definition) is 5. The first-order valence-corrected chi connectivity index (χ1v) is 6.84. The van der Waals surface area contributed by atoms with Gasteiger partial charge in [-0.15, -0.1) is 0 Å². The van der Waals surface area contributed by atoms with Crippen LogP contribution in [-0.4, -0.2) is 26.4 Å². The first-order chi connectivity index (χ1) is 11.1. The number of phenols is 1. The topological polar surface area (TPSA) is 71.7 Å². The standard InChI is InChI=1S/C18H17NO4/c1-21-16-9-13(10-17(22-2)18(16)23-3)14(11-19)8-12-4-6-15(20)7-5-12/h4-10,20H,1-3H3. The largest absolute Gasteiger partial charge is 0.508 e. The van der Waals surface area contributed by atoms with Gasteiger partial charge in [0, 0.05) is 0 Å². The highest BCUT2D eigenvalue weighted by Crippen LogP contribution is 2.40. The van der Waals surface area contributed by atoms with E-state index < -0.39 is 0 Å². The van der Waals surface area contributed by atoms with Crippen LogP contribution in [0.1, 0.15) is 11.1 Å². The minimum Gasteiger partial charge on any atom is -0.508 e. The minimum atomic E-state index is 0.174. The van der Waals surface area contributed by atoms with Gasteiger partial charge in [0.25, 0.3) is 0 Å². The predicted octanol–water partition coefficient (Wildman–Crippen LogP) is 3.48. The van der Waals surface area contributed by atoms with Crippen LogP contribution in [0.25, 0.3) is 11.6 Å². The third-order valence-electron chi connectivity index (χ3n) is 3.30. The molecule has 1 N–H and O–H groups in total. The van der Waals surface area contributed by atoms with Crippen molar-refractivity contribution in [2.45, 2.75) is 0 Å². The molecule has 0 fully saturated rings. The number of phenolic OH excluding ortho intramolecular Hbond substituents is 1. The molecule has 0 amide bonds. The summed E-state index contributed by atoms with van der Waals surface area (Å²) in [5.74, 6) is 1.61. The zero-order valence-corrected chi connectivity index (χ0v) is 13.2. The van der Waals surface area contributed by atoms with E-state index in [1.165, 1.54) is 21.3 Å². The second-order valence-corrected chi connectivity index (χ2v) is 4.68. The van der Waals surface area contributed by atoms with Gasteiger partial charge in [0.2, 0.25) is 5.75 Å². The third kappa shape index (κ3) is 3.55. The van der Waals surface area contributed by atoms with E-state index >= 15 is 0 Å². The Balaban J connectivity index is 2.53. The number of rotatable bonds is 5. The molecule has 5 heteroatoms. The first-order valence-electron chi connectivity index (χ1n) is 6.84. The van der Waals surface area contributed by atoms with Gasteiger partial charge in [0.1, 0.15) is 5.75 Å². The molecule has 2 aromatic rings. The smallest absolute Gasteiger partial charge is 0.203 e. The van der Waals surface area contributed by atoms with Gasteiger partial charge >= 0.3 is 0 Å². The summed E-state index contributed by atoms with van der Waals surface area (Å²) in [5, 5.41) is 18.8. The lowest BCUT2D eigenvalue weighted by molar-refractivity contribution is 0.324. The summed E-state index contributed by atoms with van der Waals surface area (Å²) in [6.45, 7) is 0. The summed E-state index contributed by atoms with van der Waals surface area (Å²) in [4.78, 5) is 0. The van der Waals surface area contributed by atoms with Crippen molar-refractivity contribution >= 4 is 11.6 Å². The van der Waals surface area contributed by atoms with Crippen molar-refractivity contribution in [3.05, 3.63) is 47.5 Å². The number of aromatic hydroxyl groups is 1. The van der Waals surface area contributed by atoms with Gasteiger partial charge in [-0.3, -0.25) is 0 Å². The van der Waals surface area contributed by atoms with E-state index in [0.29, 0.717) is 28.4 Å². The summed E-state index contributed by atoms with van der Waals surface area (Å²) in [6.07, 6.45) is 1.72. The van der Waals surface area contributed by atoms with Crippen molar-refractivity contribution in [3.8, 4) is 29.1 Å². The van der Waals surface area contributed by atoms with Gasteiger partial charge in [-0.2, -0.15) is 5.26 Å². The molecule has 0 spiro atoms. The van der Waals surface area contributed by atoms with Crippen molar-refractivity contribution < 1.29 is 19.3 Å². The highest BCUT2D eigenvalue weighted by atomic mass is 16.5. The normalized spacial score (nSPS) is 10.8. The van der Waals surface area contributed by atoms with E-state index in [2.05, 4.69) is 6.07 Å². The van der Waals surface area contributed by atoms with Crippen molar-refractivity contribution in [1.29, 1.82) is 5.26 Å². The summed E-state index contributed by atoms with van der Waals surface area (Å²) in [6, 6.07) is 12.2. The molecule has 0 aliphatic heterocycles. The van der Waals surface area contributed by atoms with Crippen molar-refractivity contribution in [2.24, 2.45) is 0 Å². The summed E-state index contributed by atoms with van der Waals surface area (Å²) < 4.78 is 15.9. The molecule has 0 heterocycles. The maximum absolute atomic E-state index is 9.47. The Kier molecular flexibility index (Phi) is 5.11. The Labute approximate surface area is 135 Å². The lowest BCUT2D eigenvalue weighted by atomic mass is 10.0. The van der Waals surface area contributed by atoms with Crippen molar-refractivity contribution in [1.82, 2.24) is 0 Å². The lowest BCUT2D eigenvalue weighted by Gasteiger charge is -2.13. The Morgan fingerprint density at radius 2 is 1.57 bits per heavy atom. The zero-order valence-electron chi connectivity index (χ0n) is 13.2. The molecule has 118 valence electrons. The fourth-order valence-electron chi connectivity index (χ4n) is 2.15. The monoisotopic (exact) mass is 311 g/mol. The molecular weight excluding hydrogens is 294 g/mol. The molecule has 5 nitrogen and oxygen atoms in total. The quantitative estimate of drug-likeness (QED) is 0.676. The zero-order chi connectivity index (χ0) is 16.8. The number of benzene rings is 2. The molecule has 0 unspecified atom stereocenters. The van der Waals surface area contributed by atoms with Gasteiger partial charge in [-0.05, 0) is 41.5 Å². The SMILES string of the molecule is COc1cc(C(C#N)=Cc2ccc(O)cc2)cc(OC)c1OC. The molecule has 0 bridgehead atoms. The van der Waals surface area contributed by atoms with Crippen LogP contribution in [0.4, 0.5) is 0 Å². The fraction of sp³-hybridized carbons (Fsp3) is 0.167. The van der Waals surface area contributed by atoms with Gasteiger partial charge < -0.3 is 19.3 Å². The maximum Gasteiger partial charge on any atom is 0.203 e. The Morgan fingerprint density at radius 3 is 2.00 bits per heavy atom. The Hall–Kier alpha value is -3.13. The minimum absolute atomic E-state index is 0.174. The molecule has 0 saturated heterocycles. The Bertz CT molecular complexity index is 733. The molecule has 0 radical (unpaired) electrons. The second-order valence-electron chi connectivity index (χ2n) is 4.68. The maximum atomic E-state index is 9.47. The van der Waals surface area contributed by atoms with Crippen LogP contribution >= 0.6 is 0 Å². The third-order valence-corrected chi connectivity index (χ3v) is 3.30. The van der Waals surface area contributed by atoms with Gasteiger partial charge in [-0.25, -0.2) is 0 Å². The van der Waals surface area contributed by atoms with E-state index in [-0.39, 0.29) is 5.75 Å². The average molecular weight is 311 g/mol. The second kappa shape index (κ2) is 7.23. The summed E-state index contributed by atoms with van der Waals surface area (Å²) in [7, 11) is 4.57. The number of hydrogen-bond donors (Lipinski definition) is 1. The first kappa shape index (κ1) is 16.2. The van der Waals surface area contributed by atoms with Crippen LogP contribution < -0.4 is 14.2 Å². The van der Waals surface area contributed by atoms with E-state index in [1.54, 1.807) is 42.5 Å². The van der Waals surface area contributed by atoms with E-state index in [9.17, 15) is 10.4 Å². The van der Waals surface area contributed by atoms with E-state index in [4.69, 9.17) is 14.2 Å². The Morgan fingerprint density at radius 1 is 1.00 bits per heavy atom. The summed E-state index contributed by atoms with van der Waals surface area (Å²) >= 11 is 0. The molecule has 2 rings (SSSR count). The van der Waals surface area contributed by atoms with Crippen LogP contribution in [0, 0.1) is 11.3 Å². The molecular formula is C18H17NO4.